The minimum Gasteiger partial charge on any atom is -0.462 e. The average Bonchev–Trinajstić information content (AvgIpc) is 1.35. The number of carbonyl (C=O) groups excluding carboxylic acids is 4. The first-order chi connectivity index (χ1) is 46.0. The molecule has 0 aromatic carbocycles. The van der Waals surface area contributed by atoms with Gasteiger partial charge in [0.2, 0.25) is 0 Å². The number of aliphatic hydroxyl groups is 1. The van der Waals surface area contributed by atoms with E-state index >= 15 is 0 Å². The van der Waals surface area contributed by atoms with Gasteiger partial charge in [0.25, 0.3) is 0 Å². The van der Waals surface area contributed by atoms with Crippen LogP contribution in [-0.4, -0.2) is 96.7 Å². The van der Waals surface area contributed by atoms with Gasteiger partial charge in [-0.3, -0.25) is 37.3 Å². The third-order valence-corrected chi connectivity index (χ3v) is 19.7. The molecule has 0 saturated carbocycles. The van der Waals surface area contributed by atoms with Crippen LogP contribution in [0.3, 0.4) is 0 Å². The molecule has 0 fully saturated rings. The highest BCUT2D eigenvalue weighted by Gasteiger charge is 2.30. The molecule has 0 amide bonds. The van der Waals surface area contributed by atoms with Crippen molar-refractivity contribution in [3.63, 3.8) is 0 Å². The number of phosphoric ester groups is 2. The first-order valence-corrected chi connectivity index (χ1v) is 42.6. The number of aliphatic hydroxyl groups excluding tert-OH is 1. The Labute approximate surface area is 581 Å². The molecule has 0 aliphatic heterocycles. The van der Waals surface area contributed by atoms with E-state index in [1.165, 1.54) is 218 Å². The Kier molecular flexibility index (Phi) is 67.7. The Bertz CT molecular complexity index is 1820. The topological polar surface area (TPSA) is 237 Å². The SMILES string of the molecule is CCCCCCCCCCCCCCCCCCCCCC(=O)O[C@H](COC(=O)CCCCCCCCCCCCCCCCC)COP(=O)(O)OC[C@@H](O)COP(=O)(O)OC[C@@H](COC(=O)CCCCCCCCC(C)C)OC(=O)CCCCCCCCCCCCCC. The summed E-state index contributed by atoms with van der Waals surface area (Å²) in [5.41, 5.74) is 0. The van der Waals surface area contributed by atoms with Gasteiger partial charge in [-0.25, -0.2) is 9.13 Å². The van der Waals surface area contributed by atoms with Crippen molar-refractivity contribution in [3.05, 3.63) is 0 Å². The van der Waals surface area contributed by atoms with Crippen molar-refractivity contribution in [2.45, 2.75) is 419 Å². The largest absolute Gasteiger partial charge is 0.472 e. The van der Waals surface area contributed by atoms with Crippen LogP contribution in [0.15, 0.2) is 0 Å². The number of hydrogen-bond acceptors (Lipinski definition) is 15. The van der Waals surface area contributed by atoms with Crippen molar-refractivity contribution in [2.24, 2.45) is 5.92 Å². The normalized spacial score (nSPS) is 13.9. The Morgan fingerprint density at radius 1 is 0.284 bits per heavy atom. The lowest BCUT2D eigenvalue weighted by Gasteiger charge is -2.21. The van der Waals surface area contributed by atoms with Crippen LogP contribution in [0.1, 0.15) is 401 Å². The molecule has 0 radical (unpaired) electrons. The summed E-state index contributed by atoms with van der Waals surface area (Å²) in [6.07, 6.45) is 58.4. The van der Waals surface area contributed by atoms with Gasteiger partial charge >= 0.3 is 39.5 Å². The first kappa shape index (κ1) is 93.1. The zero-order valence-electron chi connectivity index (χ0n) is 61.8. The molecule has 564 valence electrons. The second-order valence-corrected chi connectivity index (χ2v) is 30.8. The predicted octanol–water partition coefficient (Wildman–Crippen LogP) is 22.5. The fourth-order valence-electron chi connectivity index (χ4n) is 11.7. The van der Waals surface area contributed by atoms with Crippen LogP contribution in [-0.2, 0) is 65.4 Å². The number of esters is 4. The van der Waals surface area contributed by atoms with E-state index in [1.54, 1.807) is 0 Å². The molecule has 0 heterocycles. The van der Waals surface area contributed by atoms with Gasteiger partial charge in [-0.15, -0.1) is 0 Å². The summed E-state index contributed by atoms with van der Waals surface area (Å²) in [5.74, 6) is -1.43. The predicted molar refractivity (Wildman–Crippen MR) is 386 cm³/mol. The van der Waals surface area contributed by atoms with Crippen LogP contribution in [0.5, 0.6) is 0 Å². The van der Waals surface area contributed by atoms with Gasteiger partial charge in [-0.2, -0.15) is 0 Å². The molecule has 0 aliphatic rings. The van der Waals surface area contributed by atoms with Crippen molar-refractivity contribution in [3.8, 4) is 0 Å². The highest BCUT2D eigenvalue weighted by molar-refractivity contribution is 7.47. The molecule has 19 heteroatoms. The number of ether oxygens (including phenoxy) is 4. The Balaban J connectivity index is 5.21. The second kappa shape index (κ2) is 69.2. The Hall–Kier alpha value is -1.94. The number of carbonyl (C=O) groups is 4. The van der Waals surface area contributed by atoms with Crippen LogP contribution in [0.25, 0.3) is 0 Å². The molecule has 3 N–H and O–H groups in total. The maximum atomic E-state index is 13.1. The van der Waals surface area contributed by atoms with Crippen molar-refractivity contribution in [2.75, 3.05) is 39.6 Å². The fourth-order valence-corrected chi connectivity index (χ4v) is 13.3. The second-order valence-electron chi connectivity index (χ2n) is 27.9. The molecule has 0 saturated heterocycles. The molecule has 0 spiro atoms. The van der Waals surface area contributed by atoms with Crippen LogP contribution in [0.2, 0.25) is 0 Å². The molecule has 5 atom stereocenters. The van der Waals surface area contributed by atoms with Gasteiger partial charge in [-0.1, -0.05) is 349 Å². The van der Waals surface area contributed by atoms with E-state index in [0.717, 1.165) is 96.3 Å². The molecule has 95 heavy (non-hydrogen) atoms. The van der Waals surface area contributed by atoms with Crippen LogP contribution in [0.4, 0.5) is 0 Å². The first-order valence-electron chi connectivity index (χ1n) is 39.6. The average molecular weight is 1400 g/mol. The van der Waals surface area contributed by atoms with Crippen LogP contribution in [0, 0.1) is 5.92 Å². The third kappa shape index (κ3) is 70.3. The van der Waals surface area contributed by atoms with E-state index in [-0.39, 0.29) is 25.7 Å². The van der Waals surface area contributed by atoms with Gasteiger partial charge in [-0.05, 0) is 31.6 Å². The summed E-state index contributed by atoms with van der Waals surface area (Å²) in [6, 6.07) is 0. The molecular formula is C76H148O17P2. The molecular weight excluding hydrogens is 1250 g/mol. The summed E-state index contributed by atoms with van der Waals surface area (Å²) in [4.78, 5) is 72.8. The zero-order chi connectivity index (χ0) is 69.8. The third-order valence-electron chi connectivity index (χ3n) is 17.8. The van der Waals surface area contributed by atoms with Gasteiger partial charge in [0.05, 0.1) is 26.4 Å². The highest BCUT2D eigenvalue weighted by atomic mass is 31.2. The summed E-state index contributed by atoms with van der Waals surface area (Å²) in [5, 5.41) is 10.6. The highest BCUT2D eigenvalue weighted by Crippen LogP contribution is 2.45. The lowest BCUT2D eigenvalue weighted by atomic mass is 10.0. The Morgan fingerprint density at radius 2 is 0.484 bits per heavy atom. The molecule has 2 unspecified atom stereocenters. The summed E-state index contributed by atoms with van der Waals surface area (Å²) < 4.78 is 68.5. The smallest absolute Gasteiger partial charge is 0.462 e. The van der Waals surface area contributed by atoms with Crippen LogP contribution >= 0.6 is 15.6 Å². The molecule has 0 bridgehead atoms. The minimum atomic E-state index is -4.96. The van der Waals surface area contributed by atoms with E-state index in [2.05, 4.69) is 34.6 Å². The van der Waals surface area contributed by atoms with E-state index in [4.69, 9.17) is 37.0 Å². The van der Waals surface area contributed by atoms with E-state index in [0.29, 0.717) is 31.6 Å². The maximum absolute atomic E-state index is 13.1. The van der Waals surface area contributed by atoms with Gasteiger partial charge in [0.15, 0.2) is 12.2 Å². The minimum absolute atomic E-state index is 0.107. The monoisotopic (exact) mass is 1400 g/mol. The van der Waals surface area contributed by atoms with Crippen molar-refractivity contribution >= 4 is 39.5 Å². The van der Waals surface area contributed by atoms with Crippen molar-refractivity contribution in [1.29, 1.82) is 0 Å². The Morgan fingerprint density at radius 3 is 0.716 bits per heavy atom. The van der Waals surface area contributed by atoms with Crippen molar-refractivity contribution in [1.82, 2.24) is 0 Å². The number of hydrogen-bond donors (Lipinski definition) is 3. The van der Waals surface area contributed by atoms with Crippen molar-refractivity contribution < 1.29 is 80.2 Å². The number of unbranched alkanes of at least 4 members (excludes halogenated alkanes) is 48. The number of rotatable bonds is 76. The van der Waals surface area contributed by atoms with E-state index < -0.39 is 97.5 Å². The zero-order valence-corrected chi connectivity index (χ0v) is 63.6. The number of phosphoric acid groups is 2. The van der Waals surface area contributed by atoms with E-state index in [1.807, 2.05) is 0 Å². The quantitative estimate of drug-likeness (QED) is 0.0222. The lowest BCUT2D eigenvalue weighted by molar-refractivity contribution is -0.161. The molecule has 0 rings (SSSR count). The van der Waals surface area contributed by atoms with Gasteiger partial charge in [0, 0.05) is 25.7 Å². The maximum Gasteiger partial charge on any atom is 0.472 e. The van der Waals surface area contributed by atoms with E-state index in [9.17, 15) is 43.2 Å². The van der Waals surface area contributed by atoms with Gasteiger partial charge < -0.3 is 33.8 Å². The van der Waals surface area contributed by atoms with Gasteiger partial charge in [0.1, 0.15) is 19.3 Å². The summed E-state index contributed by atoms with van der Waals surface area (Å²) >= 11 is 0. The van der Waals surface area contributed by atoms with Crippen LogP contribution < -0.4 is 0 Å². The summed E-state index contributed by atoms with van der Waals surface area (Å²) in [6.45, 7) is 7.21. The standard InChI is InChI=1S/C76H148O17P2/c1-6-9-12-15-18-21-24-27-29-30-31-32-34-36-39-42-45-52-57-62-76(81)92-71(65-86-73(78)59-54-49-43-40-38-35-33-28-25-22-19-16-13-10-7-2)67-90-94(82,83)88-63-70(77)64-89-95(84,85)91-68-72(66-87-74(79)60-55-50-47-46-48-53-58-69(4)5)93-75(80)61-56-51-44-41-37-26-23-20-17-14-11-8-3/h69-72,77H,6-68H2,1-5H3,(H,82,83)(H,84,85)/t70-,71-,72-/m1/s1. The molecule has 0 aromatic heterocycles. The molecule has 17 nitrogen and oxygen atoms in total. The molecule has 0 aliphatic carbocycles. The molecule has 0 aromatic rings. The lowest BCUT2D eigenvalue weighted by Crippen LogP contribution is -2.30. The summed E-state index contributed by atoms with van der Waals surface area (Å²) in [7, 11) is -9.91. The fraction of sp³-hybridized carbons (Fsp3) is 0.947.